The number of benzene rings is 2. The van der Waals surface area contributed by atoms with Crippen molar-refractivity contribution >= 4 is 17.6 Å². The standard InChI is InChI=1S/C17H9ClF4N2O3/c18-12-7-10(4-5-13(12)19)24-15(8-14(23-24)16(25)26)9-2-1-3-11(6-9)27-17(20,21)22/h1-8H,(H,25,26). The number of rotatable bonds is 4. The molecule has 0 aliphatic rings. The molecule has 3 aromatic rings. The summed E-state index contributed by atoms with van der Waals surface area (Å²) >= 11 is 5.75. The van der Waals surface area contributed by atoms with E-state index in [2.05, 4.69) is 9.84 Å². The number of ether oxygens (including phenoxy) is 1. The average Bonchev–Trinajstić information content (AvgIpc) is 3.02. The number of carboxylic acid groups (broad SMARTS) is 1. The Kier molecular flexibility index (Phi) is 4.79. The summed E-state index contributed by atoms with van der Waals surface area (Å²) in [6, 6.07) is 9.70. The molecule has 27 heavy (non-hydrogen) atoms. The summed E-state index contributed by atoms with van der Waals surface area (Å²) in [5.41, 5.74) is 0.235. The molecule has 0 spiro atoms. The molecular weight excluding hydrogens is 392 g/mol. The Morgan fingerprint density at radius 3 is 2.52 bits per heavy atom. The Labute approximate surface area is 154 Å². The maximum absolute atomic E-state index is 13.4. The van der Waals surface area contributed by atoms with Crippen LogP contribution in [0.1, 0.15) is 10.5 Å². The van der Waals surface area contributed by atoms with Crippen LogP contribution in [-0.4, -0.2) is 27.2 Å². The molecule has 140 valence electrons. The molecule has 0 aliphatic carbocycles. The van der Waals surface area contributed by atoms with Crippen molar-refractivity contribution in [2.75, 3.05) is 0 Å². The average molecular weight is 401 g/mol. The van der Waals surface area contributed by atoms with Gasteiger partial charge in [-0.05, 0) is 36.4 Å². The molecule has 0 aliphatic heterocycles. The van der Waals surface area contributed by atoms with Gasteiger partial charge in [0, 0.05) is 5.56 Å². The summed E-state index contributed by atoms with van der Waals surface area (Å²) < 4.78 is 55.8. The van der Waals surface area contributed by atoms with E-state index in [0.29, 0.717) is 0 Å². The van der Waals surface area contributed by atoms with Crippen LogP contribution in [-0.2, 0) is 0 Å². The maximum atomic E-state index is 13.4. The van der Waals surface area contributed by atoms with Gasteiger partial charge in [-0.1, -0.05) is 23.7 Å². The molecule has 0 saturated carbocycles. The highest BCUT2D eigenvalue weighted by Crippen LogP contribution is 2.30. The summed E-state index contributed by atoms with van der Waals surface area (Å²) in [6.07, 6.45) is -4.88. The zero-order chi connectivity index (χ0) is 19.8. The largest absolute Gasteiger partial charge is 0.573 e. The van der Waals surface area contributed by atoms with Gasteiger partial charge < -0.3 is 9.84 Å². The van der Waals surface area contributed by atoms with Crippen molar-refractivity contribution in [1.29, 1.82) is 0 Å². The molecular formula is C17H9ClF4N2O3. The van der Waals surface area contributed by atoms with E-state index >= 15 is 0 Å². The molecule has 0 unspecified atom stereocenters. The van der Waals surface area contributed by atoms with E-state index in [9.17, 15) is 27.5 Å². The molecule has 0 radical (unpaired) electrons. The van der Waals surface area contributed by atoms with Crippen LogP contribution in [0.5, 0.6) is 5.75 Å². The molecule has 5 nitrogen and oxygen atoms in total. The number of aromatic nitrogens is 2. The van der Waals surface area contributed by atoms with Crippen LogP contribution in [0.2, 0.25) is 5.02 Å². The predicted molar refractivity (Wildman–Crippen MR) is 87.6 cm³/mol. The van der Waals surface area contributed by atoms with Crippen molar-refractivity contribution in [2.24, 2.45) is 0 Å². The van der Waals surface area contributed by atoms with Crippen LogP contribution in [0.15, 0.2) is 48.5 Å². The summed E-state index contributed by atoms with van der Waals surface area (Å²) in [5, 5.41) is 12.9. The van der Waals surface area contributed by atoms with Gasteiger partial charge in [-0.25, -0.2) is 13.9 Å². The van der Waals surface area contributed by atoms with Crippen LogP contribution < -0.4 is 4.74 Å². The van der Waals surface area contributed by atoms with Crippen molar-refractivity contribution in [3.05, 3.63) is 65.1 Å². The second-order valence-electron chi connectivity index (χ2n) is 5.31. The lowest BCUT2D eigenvalue weighted by Crippen LogP contribution is -2.17. The molecule has 10 heteroatoms. The fraction of sp³-hybridized carbons (Fsp3) is 0.0588. The molecule has 0 fully saturated rings. The zero-order valence-corrected chi connectivity index (χ0v) is 13.9. The third-order valence-corrected chi connectivity index (χ3v) is 3.73. The van der Waals surface area contributed by atoms with E-state index < -0.39 is 23.9 Å². The zero-order valence-electron chi connectivity index (χ0n) is 13.2. The summed E-state index contributed by atoms with van der Waals surface area (Å²) in [4.78, 5) is 11.3. The third-order valence-electron chi connectivity index (χ3n) is 3.44. The molecule has 0 bridgehead atoms. The Hall–Kier alpha value is -3.07. The monoisotopic (exact) mass is 400 g/mol. The van der Waals surface area contributed by atoms with Gasteiger partial charge in [0.25, 0.3) is 0 Å². The van der Waals surface area contributed by atoms with E-state index in [0.717, 1.165) is 22.9 Å². The van der Waals surface area contributed by atoms with Crippen molar-refractivity contribution < 1.29 is 32.2 Å². The van der Waals surface area contributed by atoms with E-state index in [4.69, 9.17) is 11.6 Å². The van der Waals surface area contributed by atoms with Crippen LogP contribution in [0.4, 0.5) is 17.6 Å². The van der Waals surface area contributed by atoms with Crippen LogP contribution in [0.25, 0.3) is 16.9 Å². The fourth-order valence-corrected chi connectivity index (χ4v) is 2.53. The molecule has 1 aromatic heterocycles. The number of nitrogens with zero attached hydrogens (tertiary/aromatic N) is 2. The van der Waals surface area contributed by atoms with Gasteiger partial charge in [-0.3, -0.25) is 0 Å². The van der Waals surface area contributed by atoms with Gasteiger partial charge in [0.2, 0.25) is 0 Å². The number of carbonyl (C=O) groups is 1. The second-order valence-corrected chi connectivity index (χ2v) is 5.71. The van der Waals surface area contributed by atoms with Gasteiger partial charge in [0.15, 0.2) is 5.69 Å². The van der Waals surface area contributed by atoms with E-state index in [-0.39, 0.29) is 27.7 Å². The Morgan fingerprint density at radius 1 is 1.15 bits per heavy atom. The number of hydrogen-bond donors (Lipinski definition) is 1. The Balaban J connectivity index is 2.13. The fourth-order valence-electron chi connectivity index (χ4n) is 2.36. The van der Waals surface area contributed by atoms with Gasteiger partial charge in [0.1, 0.15) is 11.6 Å². The first-order valence-electron chi connectivity index (χ1n) is 7.29. The van der Waals surface area contributed by atoms with Crippen molar-refractivity contribution in [1.82, 2.24) is 9.78 Å². The van der Waals surface area contributed by atoms with Gasteiger partial charge in [-0.15, -0.1) is 13.2 Å². The van der Waals surface area contributed by atoms with E-state index in [1.54, 1.807) is 0 Å². The van der Waals surface area contributed by atoms with E-state index in [1.165, 1.54) is 30.3 Å². The number of aromatic carboxylic acids is 1. The first-order valence-corrected chi connectivity index (χ1v) is 7.67. The van der Waals surface area contributed by atoms with Gasteiger partial charge in [-0.2, -0.15) is 5.10 Å². The highest BCUT2D eigenvalue weighted by molar-refractivity contribution is 6.30. The van der Waals surface area contributed by atoms with Crippen molar-refractivity contribution in [2.45, 2.75) is 6.36 Å². The van der Waals surface area contributed by atoms with E-state index in [1.807, 2.05) is 0 Å². The summed E-state index contributed by atoms with van der Waals surface area (Å²) in [5.74, 6) is -2.51. The quantitative estimate of drug-likeness (QED) is 0.631. The summed E-state index contributed by atoms with van der Waals surface area (Å²) in [7, 11) is 0. The number of alkyl halides is 3. The summed E-state index contributed by atoms with van der Waals surface area (Å²) in [6.45, 7) is 0. The second kappa shape index (κ2) is 6.92. The van der Waals surface area contributed by atoms with Gasteiger partial charge in [0.05, 0.1) is 16.4 Å². The highest BCUT2D eigenvalue weighted by Gasteiger charge is 2.31. The topological polar surface area (TPSA) is 64.3 Å². The Bertz CT molecular complexity index is 1020. The van der Waals surface area contributed by atoms with Crippen molar-refractivity contribution in [3.8, 4) is 22.7 Å². The number of carboxylic acids is 1. The lowest BCUT2D eigenvalue weighted by Gasteiger charge is -2.11. The van der Waals surface area contributed by atoms with Crippen molar-refractivity contribution in [3.63, 3.8) is 0 Å². The first-order chi connectivity index (χ1) is 12.6. The van der Waals surface area contributed by atoms with Crippen LogP contribution in [0, 0.1) is 5.82 Å². The highest BCUT2D eigenvalue weighted by atomic mass is 35.5. The first kappa shape index (κ1) is 18.7. The molecule has 2 aromatic carbocycles. The predicted octanol–water partition coefficient (Wildman–Crippen LogP) is 4.93. The third kappa shape index (κ3) is 4.20. The molecule has 1 N–H and O–H groups in total. The molecule has 3 rings (SSSR count). The molecule has 0 amide bonds. The molecule has 0 saturated heterocycles. The normalized spacial score (nSPS) is 11.4. The number of halogens is 5. The maximum Gasteiger partial charge on any atom is 0.573 e. The lowest BCUT2D eigenvalue weighted by atomic mass is 10.1. The minimum atomic E-state index is -4.88. The molecule has 1 heterocycles. The minimum Gasteiger partial charge on any atom is -0.476 e. The SMILES string of the molecule is O=C(O)c1cc(-c2cccc(OC(F)(F)F)c2)n(-c2ccc(F)c(Cl)c2)n1. The van der Waals surface area contributed by atoms with Gasteiger partial charge >= 0.3 is 12.3 Å². The smallest absolute Gasteiger partial charge is 0.476 e. The minimum absolute atomic E-state index is 0.155. The van der Waals surface area contributed by atoms with Crippen LogP contribution in [0.3, 0.4) is 0 Å². The molecule has 0 atom stereocenters. The number of hydrogen-bond acceptors (Lipinski definition) is 3. The lowest BCUT2D eigenvalue weighted by molar-refractivity contribution is -0.274. The Morgan fingerprint density at radius 2 is 1.89 bits per heavy atom. The van der Waals surface area contributed by atoms with Crippen LogP contribution >= 0.6 is 11.6 Å².